The Bertz CT molecular complexity index is 818. The first-order valence-electron chi connectivity index (χ1n) is 7.37. The van der Waals surface area contributed by atoms with E-state index in [2.05, 4.69) is 10.6 Å². The van der Waals surface area contributed by atoms with E-state index in [-0.39, 0.29) is 17.8 Å². The van der Waals surface area contributed by atoms with Crippen LogP contribution in [0.5, 0.6) is 0 Å². The lowest BCUT2D eigenvalue weighted by molar-refractivity contribution is -0.384. The molecule has 26 heavy (non-hydrogen) atoms. The maximum atomic E-state index is 12.6. The van der Waals surface area contributed by atoms with Gasteiger partial charge in [0.15, 0.2) is 0 Å². The molecule has 2 N–H and O–H groups in total. The second-order valence-corrected chi connectivity index (χ2v) is 5.21. The van der Waals surface area contributed by atoms with E-state index in [0.717, 1.165) is 12.1 Å². The molecule has 0 aliphatic carbocycles. The van der Waals surface area contributed by atoms with Crippen molar-refractivity contribution in [1.29, 1.82) is 0 Å². The van der Waals surface area contributed by atoms with E-state index in [1.165, 1.54) is 48.7 Å². The highest BCUT2D eigenvalue weighted by Gasteiger charge is 2.30. The molecule has 0 spiro atoms. The molecule has 6 nitrogen and oxygen atoms in total. The minimum atomic E-state index is -4.43. The second-order valence-electron chi connectivity index (χ2n) is 5.21. The maximum absolute atomic E-state index is 12.6. The molecule has 2 rings (SSSR count). The Morgan fingerprint density at radius 2 is 1.85 bits per heavy atom. The number of benzene rings is 2. The molecule has 0 aliphatic rings. The number of nitrogens with zero attached hydrogens (tertiary/aromatic N) is 1. The molecule has 0 radical (unpaired) electrons. The van der Waals surface area contributed by atoms with Gasteiger partial charge in [0.2, 0.25) is 0 Å². The summed E-state index contributed by atoms with van der Waals surface area (Å²) in [6.45, 7) is 0.140. The van der Waals surface area contributed by atoms with Gasteiger partial charge in [0.05, 0.1) is 10.5 Å². The summed E-state index contributed by atoms with van der Waals surface area (Å²) in [6.07, 6.45) is -1.87. The second kappa shape index (κ2) is 8.15. The van der Waals surface area contributed by atoms with Crippen LogP contribution in [0, 0.1) is 10.1 Å². The first-order chi connectivity index (χ1) is 12.3. The number of nitrogens with one attached hydrogen (secondary N) is 2. The summed E-state index contributed by atoms with van der Waals surface area (Å²) in [5, 5.41) is 15.4. The number of halogens is 3. The topological polar surface area (TPSA) is 84.3 Å². The van der Waals surface area contributed by atoms with Crippen molar-refractivity contribution in [2.75, 3.05) is 0 Å². The van der Waals surface area contributed by atoms with E-state index < -0.39 is 22.7 Å². The van der Waals surface area contributed by atoms with Crippen LogP contribution in [0.4, 0.5) is 23.7 Å². The van der Waals surface area contributed by atoms with Crippen molar-refractivity contribution in [1.82, 2.24) is 10.6 Å². The Labute approximate surface area is 146 Å². The minimum Gasteiger partial charge on any atom is -0.334 e. The highest BCUT2D eigenvalue weighted by Crippen LogP contribution is 2.29. The molecule has 136 valence electrons. The predicted octanol–water partition coefficient (Wildman–Crippen LogP) is 4.08. The number of hydrogen-bond donors (Lipinski definition) is 2. The smallest absolute Gasteiger partial charge is 0.334 e. The third-order valence-electron chi connectivity index (χ3n) is 3.30. The monoisotopic (exact) mass is 365 g/mol. The molecule has 0 unspecified atom stereocenters. The summed E-state index contributed by atoms with van der Waals surface area (Å²) in [5.41, 5.74) is 0.118. The fraction of sp³-hybridized carbons (Fsp3) is 0.118. The first-order valence-corrected chi connectivity index (χ1v) is 7.37. The van der Waals surface area contributed by atoms with Crippen LogP contribution in [0.2, 0.25) is 0 Å². The first kappa shape index (κ1) is 19.0. The Kier molecular flexibility index (Phi) is 5.94. The van der Waals surface area contributed by atoms with Gasteiger partial charge in [-0.3, -0.25) is 10.1 Å². The normalized spacial score (nSPS) is 11.3. The Balaban J connectivity index is 1.85. The van der Waals surface area contributed by atoms with Crippen LogP contribution >= 0.6 is 0 Å². The van der Waals surface area contributed by atoms with Crippen LogP contribution in [-0.4, -0.2) is 11.0 Å². The summed E-state index contributed by atoms with van der Waals surface area (Å²) in [5.74, 6) is 0. The van der Waals surface area contributed by atoms with Crippen LogP contribution in [0.25, 0.3) is 6.08 Å². The van der Waals surface area contributed by atoms with Gasteiger partial charge in [-0.2, -0.15) is 13.2 Å². The maximum Gasteiger partial charge on any atom is 0.416 e. The van der Waals surface area contributed by atoms with E-state index in [4.69, 9.17) is 0 Å². The van der Waals surface area contributed by atoms with Crippen molar-refractivity contribution in [3.8, 4) is 0 Å². The fourth-order valence-corrected chi connectivity index (χ4v) is 2.00. The zero-order valence-corrected chi connectivity index (χ0v) is 13.3. The highest BCUT2D eigenvalue weighted by molar-refractivity contribution is 5.75. The lowest BCUT2D eigenvalue weighted by atomic mass is 10.1. The number of hydrogen-bond acceptors (Lipinski definition) is 3. The molecule has 2 aromatic carbocycles. The number of rotatable bonds is 5. The van der Waals surface area contributed by atoms with Crippen molar-refractivity contribution >= 4 is 17.8 Å². The zero-order chi connectivity index (χ0) is 19.2. The summed E-state index contributed by atoms with van der Waals surface area (Å²) in [6, 6.07) is 9.78. The van der Waals surface area contributed by atoms with Gasteiger partial charge in [-0.15, -0.1) is 0 Å². The van der Waals surface area contributed by atoms with Gasteiger partial charge in [0, 0.05) is 24.9 Å². The van der Waals surface area contributed by atoms with Crippen molar-refractivity contribution in [3.05, 3.63) is 81.5 Å². The van der Waals surface area contributed by atoms with Crippen LogP contribution in [0.15, 0.2) is 54.7 Å². The summed E-state index contributed by atoms with van der Waals surface area (Å²) < 4.78 is 37.8. The van der Waals surface area contributed by atoms with Crippen LogP contribution in [-0.2, 0) is 12.7 Å². The summed E-state index contributed by atoms with van der Waals surface area (Å²) in [7, 11) is 0. The van der Waals surface area contributed by atoms with Crippen LogP contribution < -0.4 is 10.6 Å². The molecule has 9 heteroatoms. The Hall–Kier alpha value is -3.36. The number of carbonyl (C=O) groups excluding carboxylic acids is 1. The van der Waals surface area contributed by atoms with Gasteiger partial charge in [0.25, 0.3) is 5.69 Å². The average Bonchev–Trinajstić information content (AvgIpc) is 2.60. The van der Waals surface area contributed by atoms with Crippen molar-refractivity contribution in [2.45, 2.75) is 12.7 Å². The number of nitro groups is 1. The van der Waals surface area contributed by atoms with Gasteiger partial charge < -0.3 is 10.6 Å². The quantitative estimate of drug-likeness (QED) is 0.618. The molecule has 0 atom stereocenters. The minimum absolute atomic E-state index is 0.0535. The van der Waals surface area contributed by atoms with E-state index in [0.29, 0.717) is 5.56 Å². The SMILES string of the molecule is O=C(N/C=C/c1cccc(C(F)(F)F)c1)NCc1ccc([N+](=O)[O-])cc1. The third kappa shape index (κ3) is 5.62. The molecular weight excluding hydrogens is 351 g/mol. The largest absolute Gasteiger partial charge is 0.416 e. The molecule has 0 bridgehead atoms. The number of carbonyl (C=O) groups is 1. The Morgan fingerprint density at radius 3 is 2.46 bits per heavy atom. The highest BCUT2D eigenvalue weighted by atomic mass is 19.4. The van der Waals surface area contributed by atoms with Gasteiger partial charge in [-0.25, -0.2) is 4.79 Å². The van der Waals surface area contributed by atoms with Gasteiger partial charge in [-0.1, -0.05) is 24.3 Å². The molecular formula is C17H14F3N3O3. The van der Waals surface area contributed by atoms with Crippen molar-refractivity contribution in [3.63, 3.8) is 0 Å². The summed E-state index contributed by atoms with van der Waals surface area (Å²) in [4.78, 5) is 21.7. The average molecular weight is 365 g/mol. The molecule has 2 amide bonds. The number of amides is 2. The number of urea groups is 1. The van der Waals surface area contributed by atoms with E-state index in [1.54, 1.807) is 0 Å². The number of alkyl halides is 3. The molecule has 2 aromatic rings. The standard InChI is InChI=1S/C17H14F3N3O3/c18-17(19,20)14-3-1-2-12(10-14)8-9-21-16(24)22-11-13-4-6-15(7-5-13)23(25)26/h1-10H,11H2,(H2,21,22,24)/b9-8+. The molecule has 0 aliphatic heterocycles. The fourth-order valence-electron chi connectivity index (χ4n) is 2.00. The van der Waals surface area contributed by atoms with Gasteiger partial charge >= 0.3 is 12.2 Å². The van der Waals surface area contributed by atoms with Crippen LogP contribution in [0.3, 0.4) is 0 Å². The predicted molar refractivity (Wildman–Crippen MR) is 88.9 cm³/mol. The van der Waals surface area contributed by atoms with Crippen molar-refractivity contribution in [2.24, 2.45) is 0 Å². The van der Waals surface area contributed by atoms with E-state index in [1.807, 2.05) is 0 Å². The lowest BCUT2D eigenvalue weighted by Crippen LogP contribution is -2.31. The number of non-ortho nitro benzene ring substituents is 1. The van der Waals surface area contributed by atoms with Gasteiger partial charge in [0.1, 0.15) is 0 Å². The molecule has 0 saturated heterocycles. The van der Waals surface area contributed by atoms with E-state index in [9.17, 15) is 28.1 Å². The number of nitro benzene ring substituents is 1. The summed E-state index contributed by atoms with van der Waals surface area (Å²) >= 11 is 0. The van der Waals surface area contributed by atoms with Crippen molar-refractivity contribution < 1.29 is 22.9 Å². The molecule has 0 fully saturated rings. The van der Waals surface area contributed by atoms with Crippen LogP contribution in [0.1, 0.15) is 16.7 Å². The van der Waals surface area contributed by atoms with Gasteiger partial charge in [-0.05, 0) is 29.3 Å². The van der Waals surface area contributed by atoms with E-state index >= 15 is 0 Å². The molecule has 0 heterocycles. The zero-order valence-electron chi connectivity index (χ0n) is 13.3. The molecule has 0 saturated carbocycles. The lowest BCUT2D eigenvalue weighted by Gasteiger charge is -2.07. The molecule has 0 aromatic heterocycles. The third-order valence-corrected chi connectivity index (χ3v) is 3.30. The Morgan fingerprint density at radius 1 is 1.15 bits per heavy atom.